The van der Waals surface area contributed by atoms with Crippen molar-refractivity contribution in [1.29, 1.82) is 0 Å². The average molecular weight is 437 g/mol. The van der Waals surface area contributed by atoms with Gasteiger partial charge in [0.15, 0.2) is 11.5 Å². The second-order valence-electron chi connectivity index (χ2n) is 8.22. The number of H-pyrrole nitrogens is 1. The van der Waals surface area contributed by atoms with E-state index < -0.39 is 0 Å². The molecular formula is C27H36N2O3. The quantitative estimate of drug-likeness (QED) is 0.344. The fourth-order valence-electron chi connectivity index (χ4n) is 4.34. The molecule has 1 amide bonds. The van der Waals surface area contributed by atoms with E-state index in [2.05, 4.69) is 48.5 Å². The first kappa shape index (κ1) is 23.7. The van der Waals surface area contributed by atoms with E-state index in [4.69, 9.17) is 9.47 Å². The van der Waals surface area contributed by atoms with Gasteiger partial charge in [-0.25, -0.2) is 0 Å². The Kier molecular flexibility index (Phi) is 8.60. The van der Waals surface area contributed by atoms with Gasteiger partial charge in [-0.05, 0) is 41.7 Å². The van der Waals surface area contributed by atoms with E-state index in [0.717, 1.165) is 42.5 Å². The molecular weight excluding hydrogens is 400 g/mol. The molecule has 2 aromatic carbocycles. The minimum Gasteiger partial charge on any atom is -0.493 e. The van der Waals surface area contributed by atoms with E-state index in [1.165, 1.54) is 23.8 Å². The van der Waals surface area contributed by atoms with Gasteiger partial charge in [0.05, 0.1) is 14.2 Å². The van der Waals surface area contributed by atoms with Crippen molar-refractivity contribution >= 4 is 16.8 Å². The van der Waals surface area contributed by atoms with Crippen molar-refractivity contribution in [2.75, 3.05) is 20.8 Å². The number of carbonyl (C=O) groups excluding carboxylic acids is 1. The maximum absolute atomic E-state index is 12.9. The number of methoxy groups -OCH3 is 2. The predicted octanol–water partition coefficient (Wildman–Crippen LogP) is 5.97. The second-order valence-corrected chi connectivity index (χ2v) is 8.22. The van der Waals surface area contributed by atoms with Crippen LogP contribution >= 0.6 is 0 Å². The van der Waals surface area contributed by atoms with Gasteiger partial charge in [0, 0.05) is 36.0 Å². The zero-order valence-corrected chi connectivity index (χ0v) is 19.8. The Bertz CT molecular complexity index is 1020. The summed E-state index contributed by atoms with van der Waals surface area (Å²) in [7, 11) is 3.27. The number of hydrogen-bond donors (Lipinski definition) is 2. The first-order chi connectivity index (χ1) is 15.6. The molecule has 0 bridgehead atoms. The Balaban J connectivity index is 1.93. The molecule has 0 unspecified atom stereocenters. The van der Waals surface area contributed by atoms with Gasteiger partial charge >= 0.3 is 0 Å². The molecule has 0 saturated heterocycles. The van der Waals surface area contributed by atoms with Crippen molar-refractivity contribution < 1.29 is 14.3 Å². The van der Waals surface area contributed by atoms with E-state index in [0.29, 0.717) is 17.9 Å². The number of fused-ring (bicyclic) bond motifs is 1. The van der Waals surface area contributed by atoms with Gasteiger partial charge in [0.1, 0.15) is 0 Å². The normalized spacial score (nSPS) is 12.0. The highest BCUT2D eigenvalue weighted by Crippen LogP contribution is 2.38. The lowest BCUT2D eigenvalue weighted by Crippen LogP contribution is -2.26. The summed E-state index contributed by atoms with van der Waals surface area (Å²) >= 11 is 0. The zero-order valence-electron chi connectivity index (χ0n) is 19.8. The Morgan fingerprint density at radius 1 is 1.03 bits per heavy atom. The molecule has 172 valence electrons. The molecule has 3 aromatic rings. The molecule has 1 atom stereocenters. The maximum atomic E-state index is 12.9. The molecule has 0 aliphatic heterocycles. The summed E-state index contributed by atoms with van der Waals surface area (Å²) in [5.41, 5.74) is 4.59. The molecule has 0 radical (unpaired) electrons. The standard InChI is InChI=1S/C27H36N2O3/c1-5-7-8-9-15-28-26(30)17-22(20-13-14-24(31-3)25(16-20)32-4)23-18-29-27-19(6-2)11-10-12-21(23)27/h10-14,16,18,22,29H,5-9,15,17H2,1-4H3,(H,28,30)/t22-/m1/s1. The monoisotopic (exact) mass is 436 g/mol. The van der Waals surface area contributed by atoms with Crippen LogP contribution in [0.3, 0.4) is 0 Å². The van der Waals surface area contributed by atoms with Gasteiger partial charge in [0.2, 0.25) is 5.91 Å². The third-order valence-electron chi connectivity index (χ3n) is 6.14. The molecule has 0 spiro atoms. The van der Waals surface area contributed by atoms with Crippen LogP contribution in [0, 0.1) is 0 Å². The lowest BCUT2D eigenvalue weighted by molar-refractivity contribution is -0.121. The number of aromatic nitrogens is 1. The lowest BCUT2D eigenvalue weighted by Gasteiger charge is -2.19. The molecule has 0 fully saturated rings. The Morgan fingerprint density at radius 2 is 1.84 bits per heavy atom. The van der Waals surface area contributed by atoms with Crippen LogP contribution in [0.1, 0.15) is 68.6 Å². The van der Waals surface area contributed by atoms with Crippen LogP contribution in [-0.2, 0) is 11.2 Å². The predicted molar refractivity (Wildman–Crippen MR) is 131 cm³/mol. The third-order valence-corrected chi connectivity index (χ3v) is 6.14. The minimum absolute atomic E-state index is 0.0716. The Morgan fingerprint density at radius 3 is 2.56 bits per heavy atom. The first-order valence-corrected chi connectivity index (χ1v) is 11.7. The summed E-state index contributed by atoms with van der Waals surface area (Å²) in [4.78, 5) is 16.4. The molecule has 32 heavy (non-hydrogen) atoms. The largest absolute Gasteiger partial charge is 0.493 e. The summed E-state index contributed by atoms with van der Waals surface area (Å²) in [5, 5.41) is 4.29. The topological polar surface area (TPSA) is 63.4 Å². The van der Waals surface area contributed by atoms with Gasteiger partial charge in [0.25, 0.3) is 0 Å². The fraction of sp³-hybridized carbons (Fsp3) is 0.444. The number of hydrogen-bond acceptors (Lipinski definition) is 3. The summed E-state index contributed by atoms with van der Waals surface area (Å²) in [5.74, 6) is 1.33. The molecule has 0 saturated carbocycles. The summed E-state index contributed by atoms with van der Waals surface area (Å²) < 4.78 is 11.0. The van der Waals surface area contributed by atoms with Crippen LogP contribution in [0.5, 0.6) is 11.5 Å². The van der Waals surface area contributed by atoms with Crippen molar-refractivity contribution in [2.24, 2.45) is 0 Å². The number of benzene rings is 2. The third kappa shape index (κ3) is 5.45. The number of rotatable bonds is 12. The highest BCUT2D eigenvalue weighted by atomic mass is 16.5. The highest BCUT2D eigenvalue weighted by molar-refractivity contribution is 5.88. The minimum atomic E-state index is -0.0914. The Hall–Kier alpha value is -2.95. The van der Waals surface area contributed by atoms with Crippen molar-refractivity contribution in [3.05, 3.63) is 59.3 Å². The molecule has 0 aliphatic rings. The average Bonchev–Trinajstić information content (AvgIpc) is 3.26. The van der Waals surface area contributed by atoms with Gasteiger partial charge in [-0.15, -0.1) is 0 Å². The van der Waals surface area contributed by atoms with Gasteiger partial charge in [-0.2, -0.15) is 0 Å². The number of para-hydroxylation sites is 1. The second kappa shape index (κ2) is 11.6. The van der Waals surface area contributed by atoms with E-state index in [1.54, 1.807) is 14.2 Å². The Labute approximate surface area is 191 Å². The number of amides is 1. The van der Waals surface area contributed by atoms with Crippen LogP contribution in [-0.4, -0.2) is 31.7 Å². The van der Waals surface area contributed by atoms with E-state index in [1.807, 2.05) is 18.2 Å². The lowest BCUT2D eigenvalue weighted by atomic mass is 9.87. The van der Waals surface area contributed by atoms with E-state index >= 15 is 0 Å². The van der Waals surface area contributed by atoms with Crippen molar-refractivity contribution in [1.82, 2.24) is 10.3 Å². The molecule has 2 N–H and O–H groups in total. The molecule has 3 rings (SSSR count). The maximum Gasteiger partial charge on any atom is 0.220 e. The number of aryl methyl sites for hydroxylation is 1. The van der Waals surface area contributed by atoms with Crippen LogP contribution < -0.4 is 14.8 Å². The van der Waals surface area contributed by atoms with Crippen LogP contribution in [0.15, 0.2) is 42.6 Å². The molecule has 0 aliphatic carbocycles. The highest BCUT2D eigenvalue weighted by Gasteiger charge is 2.23. The number of carbonyl (C=O) groups is 1. The van der Waals surface area contributed by atoms with Crippen molar-refractivity contribution in [2.45, 2.75) is 58.3 Å². The first-order valence-electron chi connectivity index (χ1n) is 11.7. The molecule has 1 heterocycles. The summed E-state index contributed by atoms with van der Waals surface area (Å²) in [6.45, 7) is 5.08. The van der Waals surface area contributed by atoms with Gasteiger partial charge in [-0.3, -0.25) is 4.79 Å². The van der Waals surface area contributed by atoms with Crippen LogP contribution in [0.2, 0.25) is 0 Å². The van der Waals surface area contributed by atoms with Gasteiger partial charge < -0.3 is 19.8 Å². The van der Waals surface area contributed by atoms with Gasteiger partial charge in [-0.1, -0.05) is 57.4 Å². The molecule has 1 aromatic heterocycles. The molecule has 5 heteroatoms. The molecule has 5 nitrogen and oxygen atoms in total. The van der Waals surface area contributed by atoms with Crippen LogP contribution in [0.25, 0.3) is 10.9 Å². The number of nitrogens with one attached hydrogen (secondary N) is 2. The van der Waals surface area contributed by atoms with E-state index in [-0.39, 0.29) is 11.8 Å². The zero-order chi connectivity index (χ0) is 22.9. The number of aromatic amines is 1. The fourth-order valence-corrected chi connectivity index (χ4v) is 4.34. The van der Waals surface area contributed by atoms with Crippen molar-refractivity contribution in [3.8, 4) is 11.5 Å². The summed E-state index contributed by atoms with van der Waals surface area (Å²) in [6.07, 6.45) is 7.96. The van der Waals surface area contributed by atoms with Crippen molar-refractivity contribution in [3.63, 3.8) is 0 Å². The SMILES string of the molecule is CCCCCCNC(=O)C[C@H](c1ccc(OC)c(OC)c1)c1c[nH]c2c(CC)cccc12. The number of ether oxygens (including phenoxy) is 2. The number of unbranched alkanes of at least 4 members (excludes halogenated alkanes) is 3. The van der Waals surface area contributed by atoms with Crippen LogP contribution in [0.4, 0.5) is 0 Å². The van der Waals surface area contributed by atoms with E-state index in [9.17, 15) is 4.79 Å². The summed E-state index contributed by atoms with van der Waals surface area (Å²) in [6, 6.07) is 12.3. The smallest absolute Gasteiger partial charge is 0.220 e.